The van der Waals surface area contributed by atoms with E-state index < -0.39 is 0 Å². The first-order chi connectivity index (χ1) is 9.70. The van der Waals surface area contributed by atoms with Crippen LogP contribution in [0.4, 0.5) is 11.5 Å². The van der Waals surface area contributed by atoms with Crippen LogP contribution >= 0.6 is 15.9 Å². The molecule has 0 saturated heterocycles. The molecule has 1 aromatic carbocycles. The number of carbonyl (C=O) groups excluding carboxylic acids is 1. The van der Waals surface area contributed by atoms with Crippen LogP contribution < -0.4 is 10.6 Å². The monoisotopic (exact) mass is 332 g/mol. The summed E-state index contributed by atoms with van der Waals surface area (Å²) < 4.78 is 0.911. The van der Waals surface area contributed by atoms with E-state index in [1.165, 1.54) is 6.33 Å². The largest absolute Gasteiger partial charge is 0.367 e. The number of aromatic nitrogens is 2. The van der Waals surface area contributed by atoms with E-state index in [0.717, 1.165) is 23.0 Å². The second kappa shape index (κ2) is 5.58. The lowest BCUT2D eigenvalue weighted by atomic mass is 10.3. The van der Waals surface area contributed by atoms with Gasteiger partial charge in [-0.05, 0) is 31.0 Å². The lowest BCUT2D eigenvalue weighted by Crippen LogP contribution is -2.15. The van der Waals surface area contributed by atoms with E-state index >= 15 is 0 Å². The van der Waals surface area contributed by atoms with E-state index in [0.29, 0.717) is 17.6 Å². The summed E-state index contributed by atoms with van der Waals surface area (Å²) in [5.41, 5.74) is 1.07. The summed E-state index contributed by atoms with van der Waals surface area (Å²) in [5, 5.41) is 6.05. The van der Waals surface area contributed by atoms with Crippen LogP contribution in [0.1, 0.15) is 23.3 Å². The van der Waals surface area contributed by atoms with Crippen molar-refractivity contribution in [3.05, 3.63) is 46.8 Å². The predicted molar refractivity (Wildman–Crippen MR) is 80.8 cm³/mol. The van der Waals surface area contributed by atoms with Crippen LogP contribution in [-0.2, 0) is 0 Å². The van der Waals surface area contributed by atoms with Gasteiger partial charge in [-0.15, -0.1) is 0 Å². The zero-order valence-electron chi connectivity index (χ0n) is 10.6. The van der Waals surface area contributed by atoms with Crippen molar-refractivity contribution in [1.29, 1.82) is 0 Å². The van der Waals surface area contributed by atoms with Crippen LogP contribution in [0.15, 0.2) is 41.1 Å². The van der Waals surface area contributed by atoms with E-state index in [4.69, 9.17) is 0 Å². The van der Waals surface area contributed by atoms with Gasteiger partial charge in [-0.2, -0.15) is 0 Å². The fraction of sp³-hybridized carbons (Fsp3) is 0.214. The number of benzene rings is 1. The van der Waals surface area contributed by atoms with Gasteiger partial charge in [0.15, 0.2) is 0 Å². The SMILES string of the molecule is O=C(Nc1cccc(Br)c1)c1cc(NC2CC2)ncn1. The molecule has 5 nitrogen and oxygen atoms in total. The molecule has 0 bridgehead atoms. The molecule has 20 heavy (non-hydrogen) atoms. The molecule has 3 rings (SSSR count). The van der Waals surface area contributed by atoms with Gasteiger partial charge in [0.25, 0.3) is 5.91 Å². The highest BCUT2D eigenvalue weighted by Crippen LogP contribution is 2.23. The highest BCUT2D eigenvalue weighted by atomic mass is 79.9. The van der Waals surface area contributed by atoms with E-state index in [1.54, 1.807) is 6.07 Å². The molecule has 1 fully saturated rings. The number of rotatable bonds is 4. The Kier molecular flexibility index (Phi) is 3.64. The van der Waals surface area contributed by atoms with Crippen LogP contribution in [-0.4, -0.2) is 21.9 Å². The molecule has 1 saturated carbocycles. The van der Waals surface area contributed by atoms with E-state index in [2.05, 4.69) is 36.5 Å². The van der Waals surface area contributed by atoms with E-state index in [-0.39, 0.29) is 5.91 Å². The van der Waals surface area contributed by atoms with Gasteiger partial charge < -0.3 is 10.6 Å². The average Bonchev–Trinajstić information content (AvgIpc) is 3.23. The molecular weight excluding hydrogens is 320 g/mol. The summed E-state index contributed by atoms with van der Waals surface area (Å²) in [4.78, 5) is 20.3. The fourth-order valence-electron chi connectivity index (χ4n) is 1.76. The Morgan fingerprint density at radius 1 is 1.25 bits per heavy atom. The van der Waals surface area contributed by atoms with Crippen LogP contribution in [0.3, 0.4) is 0 Å². The average molecular weight is 333 g/mol. The van der Waals surface area contributed by atoms with Crippen molar-refractivity contribution in [3.8, 4) is 0 Å². The lowest BCUT2D eigenvalue weighted by molar-refractivity contribution is 0.102. The Hall–Kier alpha value is -1.95. The number of nitrogens with zero attached hydrogens (tertiary/aromatic N) is 2. The molecule has 0 aliphatic heterocycles. The van der Waals surface area contributed by atoms with Crippen LogP contribution in [0, 0.1) is 0 Å². The number of nitrogens with one attached hydrogen (secondary N) is 2. The third kappa shape index (κ3) is 3.33. The zero-order valence-corrected chi connectivity index (χ0v) is 12.2. The first kappa shape index (κ1) is 13.1. The smallest absolute Gasteiger partial charge is 0.274 e. The molecule has 2 N–H and O–H groups in total. The summed E-state index contributed by atoms with van der Waals surface area (Å²) in [6.07, 6.45) is 3.72. The van der Waals surface area contributed by atoms with Gasteiger partial charge in [-0.25, -0.2) is 9.97 Å². The number of anilines is 2. The minimum atomic E-state index is -0.246. The third-order valence-corrected chi connectivity index (χ3v) is 3.40. The number of hydrogen-bond acceptors (Lipinski definition) is 4. The summed E-state index contributed by atoms with van der Waals surface area (Å²) >= 11 is 3.37. The summed E-state index contributed by atoms with van der Waals surface area (Å²) in [7, 11) is 0. The van der Waals surface area contributed by atoms with Gasteiger partial charge in [0, 0.05) is 22.3 Å². The molecule has 1 aliphatic carbocycles. The molecule has 102 valence electrons. The Bertz CT molecular complexity index is 643. The van der Waals surface area contributed by atoms with Crippen molar-refractivity contribution in [2.45, 2.75) is 18.9 Å². The van der Waals surface area contributed by atoms with Crippen molar-refractivity contribution in [2.75, 3.05) is 10.6 Å². The first-order valence-corrected chi connectivity index (χ1v) is 7.15. The number of amides is 1. The molecule has 6 heteroatoms. The summed E-state index contributed by atoms with van der Waals surface area (Å²) in [6, 6.07) is 9.59. The van der Waals surface area contributed by atoms with E-state index in [9.17, 15) is 4.79 Å². The molecule has 0 atom stereocenters. The highest BCUT2D eigenvalue weighted by molar-refractivity contribution is 9.10. The Balaban J connectivity index is 1.72. The number of carbonyl (C=O) groups is 1. The van der Waals surface area contributed by atoms with Crippen LogP contribution in [0.5, 0.6) is 0 Å². The Labute approximate surface area is 125 Å². The zero-order chi connectivity index (χ0) is 13.9. The maximum atomic E-state index is 12.1. The van der Waals surface area contributed by atoms with Gasteiger partial charge in [-0.1, -0.05) is 22.0 Å². The third-order valence-electron chi connectivity index (χ3n) is 2.91. The minimum Gasteiger partial charge on any atom is -0.367 e. The highest BCUT2D eigenvalue weighted by Gasteiger charge is 2.21. The van der Waals surface area contributed by atoms with Gasteiger partial charge >= 0.3 is 0 Å². The molecule has 0 unspecified atom stereocenters. The van der Waals surface area contributed by atoms with Crippen LogP contribution in [0.25, 0.3) is 0 Å². The molecule has 1 aromatic heterocycles. The van der Waals surface area contributed by atoms with Gasteiger partial charge in [0.05, 0.1) is 0 Å². The Morgan fingerprint density at radius 3 is 2.85 bits per heavy atom. The molecule has 1 heterocycles. The first-order valence-electron chi connectivity index (χ1n) is 6.36. The van der Waals surface area contributed by atoms with Crippen molar-refractivity contribution in [3.63, 3.8) is 0 Å². The topological polar surface area (TPSA) is 66.9 Å². The normalized spacial score (nSPS) is 13.8. The van der Waals surface area contributed by atoms with Crippen molar-refractivity contribution in [1.82, 2.24) is 9.97 Å². The van der Waals surface area contributed by atoms with Crippen LogP contribution in [0.2, 0.25) is 0 Å². The van der Waals surface area contributed by atoms with Gasteiger partial charge in [0.1, 0.15) is 17.8 Å². The van der Waals surface area contributed by atoms with Crippen molar-refractivity contribution >= 4 is 33.3 Å². The molecule has 0 radical (unpaired) electrons. The quantitative estimate of drug-likeness (QED) is 0.902. The summed E-state index contributed by atoms with van der Waals surface area (Å²) in [6.45, 7) is 0. The van der Waals surface area contributed by atoms with Crippen molar-refractivity contribution < 1.29 is 4.79 Å². The number of halogens is 1. The standard InChI is InChI=1S/C14H13BrN4O/c15-9-2-1-3-11(6-9)19-14(20)12-7-13(17-8-16-12)18-10-4-5-10/h1-3,6-8,10H,4-5H2,(H,19,20)(H,16,17,18). The Morgan fingerprint density at radius 2 is 2.10 bits per heavy atom. The predicted octanol–water partition coefficient (Wildman–Crippen LogP) is 3.07. The molecule has 1 amide bonds. The van der Waals surface area contributed by atoms with Gasteiger partial charge in [-0.3, -0.25) is 4.79 Å². The fourth-order valence-corrected chi connectivity index (χ4v) is 2.16. The second-order valence-electron chi connectivity index (χ2n) is 4.67. The number of hydrogen-bond donors (Lipinski definition) is 2. The minimum absolute atomic E-state index is 0.246. The molecule has 0 spiro atoms. The van der Waals surface area contributed by atoms with Crippen molar-refractivity contribution in [2.24, 2.45) is 0 Å². The maximum absolute atomic E-state index is 12.1. The maximum Gasteiger partial charge on any atom is 0.274 e. The molecule has 1 aliphatic rings. The van der Waals surface area contributed by atoms with E-state index in [1.807, 2.05) is 24.3 Å². The molecular formula is C14H13BrN4O. The lowest BCUT2D eigenvalue weighted by Gasteiger charge is -2.07. The molecule has 2 aromatic rings. The van der Waals surface area contributed by atoms with Gasteiger partial charge in [0.2, 0.25) is 0 Å². The summed E-state index contributed by atoms with van der Waals surface area (Å²) in [5.74, 6) is 0.450. The second-order valence-corrected chi connectivity index (χ2v) is 5.59.